The number of urea groups is 1. The quantitative estimate of drug-likeness (QED) is 0.623. The fraction of sp³-hybridized carbons (Fsp3) is 0.529. The Morgan fingerprint density at radius 2 is 2.04 bits per heavy atom. The van der Waals surface area contributed by atoms with E-state index < -0.39 is 0 Å². The molecule has 24 heavy (non-hydrogen) atoms. The molecule has 1 aromatic carbocycles. The van der Waals surface area contributed by atoms with Crippen LogP contribution >= 0.6 is 0 Å². The minimum absolute atomic E-state index is 0.0592. The van der Waals surface area contributed by atoms with Crippen LogP contribution in [0, 0.1) is 0 Å². The van der Waals surface area contributed by atoms with E-state index in [4.69, 9.17) is 4.74 Å². The maximum absolute atomic E-state index is 12.1. The van der Waals surface area contributed by atoms with Crippen LogP contribution in [-0.2, 0) is 16.1 Å². The Balaban J connectivity index is 1.75. The molecule has 132 valence electrons. The molecule has 2 rings (SSSR count). The maximum Gasteiger partial charge on any atom is 0.321 e. The molecular formula is C17H26N4O3. The van der Waals surface area contributed by atoms with Crippen LogP contribution in [0.3, 0.4) is 0 Å². The van der Waals surface area contributed by atoms with Gasteiger partial charge in [-0.3, -0.25) is 4.79 Å². The number of hydrogen-bond acceptors (Lipinski definition) is 4. The first-order valence-electron chi connectivity index (χ1n) is 8.30. The molecule has 3 N–H and O–H groups in total. The van der Waals surface area contributed by atoms with Gasteiger partial charge in [0.1, 0.15) is 0 Å². The van der Waals surface area contributed by atoms with E-state index in [-0.39, 0.29) is 18.5 Å². The highest BCUT2D eigenvalue weighted by molar-refractivity contribution is 5.89. The Bertz CT molecular complexity index is 544. The van der Waals surface area contributed by atoms with E-state index in [1.807, 2.05) is 29.2 Å². The van der Waals surface area contributed by atoms with Crippen molar-refractivity contribution in [3.05, 3.63) is 29.8 Å². The van der Waals surface area contributed by atoms with E-state index in [0.29, 0.717) is 19.7 Å². The molecule has 1 saturated heterocycles. The summed E-state index contributed by atoms with van der Waals surface area (Å²) in [5.41, 5.74) is 1.69. The molecule has 0 spiro atoms. The van der Waals surface area contributed by atoms with Crippen molar-refractivity contribution in [2.75, 3.05) is 45.2 Å². The van der Waals surface area contributed by atoms with E-state index >= 15 is 0 Å². The summed E-state index contributed by atoms with van der Waals surface area (Å²) in [6, 6.07) is 7.47. The Kier molecular flexibility index (Phi) is 7.51. The van der Waals surface area contributed by atoms with Gasteiger partial charge < -0.3 is 25.6 Å². The van der Waals surface area contributed by atoms with Gasteiger partial charge in [-0.15, -0.1) is 0 Å². The van der Waals surface area contributed by atoms with Crippen molar-refractivity contribution in [2.24, 2.45) is 0 Å². The number of benzene rings is 1. The number of nitrogens with one attached hydrogen (secondary N) is 3. The van der Waals surface area contributed by atoms with Gasteiger partial charge in [0.2, 0.25) is 5.91 Å². The molecule has 0 saturated carbocycles. The fourth-order valence-electron chi connectivity index (χ4n) is 2.52. The highest BCUT2D eigenvalue weighted by Crippen LogP contribution is 2.14. The lowest BCUT2D eigenvalue weighted by molar-refractivity contribution is -0.120. The minimum atomic E-state index is -0.0717. The Morgan fingerprint density at radius 3 is 2.79 bits per heavy atom. The van der Waals surface area contributed by atoms with Crippen LogP contribution < -0.4 is 16.0 Å². The number of amides is 3. The second-order valence-electron chi connectivity index (χ2n) is 5.77. The third-order valence-electron chi connectivity index (χ3n) is 3.83. The first-order chi connectivity index (χ1) is 11.7. The van der Waals surface area contributed by atoms with Crippen molar-refractivity contribution in [3.63, 3.8) is 0 Å². The van der Waals surface area contributed by atoms with Crippen molar-refractivity contribution in [3.8, 4) is 0 Å². The molecule has 0 atom stereocenters. The van der Waals surface area contributed by atoms with Gasteiger partial charge in [-0.05, 0) is 30.5 Å². The van der Waals surface area contributed by atoms with Crippen LogP contribution in [0.4, 0.5) is 10.5 Å². The third-order valence-corrected chi connectivity index (χ3v) is 3.83. The van der Waals surface area contributed by atoms with Crippen molar-refractivity contribution in [2.45, 2.75) is 19.4 Å². The van der Waals surface area contributed by atoms with E-state index in [2.05, 4.69) is 16.0 Å². The number of carbonyl (C=O) groups excluding carboxylic acids is 2. The summed E-state index contributed by atoms with van der Waals surface area (Å²) in [6.07, 6.45) is 2.13. The lowest BCUT2D eigenvalue weighted by Gasteiger charge is -2.16. The average molecular weight is 334 g/mol. The highest BCUT2D eigenvalue weighted by atomic mass is 16.5. The minimum Gasteiger partial charge on any atom is -0.383 e. The molecule has 1 aliphatic heterocycles. The number of anilines is 1. The van der Waals surface area contributed by atoms with Gasteiger partial charge in [0.05, 0.1) is 13.2 Å². The van der Waals surface area contributed by atoms with Gasteiger partial charge in [-0.2, -0.15) is 0 Å². The van der Waals surface area contributed by atoms with Crippen LogP contribution in [-0.4, -0.2) is 56.7 Å². The van der Waals surface area contributed by atoms with E-state index in [0.717, 1.165) is 37.2 Å². The molecule has 1 fully saturated rings. The molecule has 0 aromatic heterocycles. The van der Waals surface area contributed by atoms with Gasteiger partial charge in [0.15, 0.2) is 0 Å². The van der Waals surface area contributed by atoms with Crippen molar-refractivity contribution in [1.82, 2.24) is 15.5 Å². The molecular weight excluding hydrogens is 308 g/mol. The van der Waals surface area contributed by atoms with E-state index in [1.54, 1.807) is 7.11 Å². The predicted molar refractivity (Wildman–Crippen MR) is 92.9 cm³/mol. The normalized spacial score (nSPS) is 13.8. The van der Waals surface area contributed by atoms with E-state index in [1.165, 1.54) is 0 Å². The molecule has 1 heterocycles. The third kappa shape index (κ3) is 6.17. The Morgan fingerprint density at radius 1 is 1.25 bits per heavy atom. The van der Waals surface area contributed by atoms with Crippen molar-refractivity contribution >= 4 is 17.6 Å². The topological polar surface area (TPSA) is 82.7 Å². The summed E-state index contributed by atoms with van der Waals surface area (Å²) >= 11 is 0. The summed E-state index contributed by atoms with van der Waals surface area (Å²) < 4.78 is 4.90. The number of likely N-dealkylation sites (tertiary alicyclic amines) is 1. The number of carbonyl (C=O) groups is 2. The second-order valence-corrected chi connectivity index (χ2v) is 5.77. The summed E-state index contributed by atoms with van der Waals surface area (Å²) in [5, 5.41) is 8.75. The number of ether oxygens (including phenoxy) is 1. The van der Waals surface area contributed by atoms with Crippen molar-refractivity contribution < 1.29 is 14.3 Å². The number of rotatable bonds is 8. The Labute approximate surface area is 142 Å². The summed E-state index contributed by atoms with van der Waals surface area (Å²) in [5.74, 6) is -0.0717. The molecule has 0 radical (unpaired) electrons. The number of nitrogens with zero attached hydrogens (tertiary/aromatic N) is 1. The number of methoxy groups -OCH3 is 1. The summed E-state index contributed by atoms with van der Waals surface area (Å²) in [6.45, 7) is 3.54. The van der Waals surface area contributed by atoms with Crippen molar-refractivity contribution in [1.29, 1.82) is 0 Å². The average Bonchev–Trinajstić information content (AvgIpc) is 3.12. The highest BCUT2D eigenvalue weighted by Gasteiger charge is 2.17. The van der Waals surface area contributed by atoms with Crippen LogP contribution in [0.15, 0.2) is 24.3 Å². The lowest BCUT2D eigenvalue weighted by Crippen LogP contribution is -2.34. The Hall–Kier alpha value is -2.12. The SMILES string of the molecule is COCCNCC(=O)NCc1cccc(NC(=O)N2CCCC2)c1. The lowest BCUT2D eigenvalue weighted by atomic mass is 10.2. The van der Waals surface area contributed by atoms with Gasteiger partial charge in [0.25, 0.3) is 0 Å². The van der Waals surface area contributed by atoms with Gasteiger partial charge >= 0.3 is 6.03 Å². The zero-order chi connectivity index (χ0) is 17.2. The standard InChI is InChI=1S/C17H26N4O3/c1-24-10-7-18-13-16(22)19-12-14-5-4-6-15(11-14)20-17(23)21-8-2-3-9-21/h4-6,11,18H,2-3,7-10,12-13H2,1H3,(H,19,22)(H,20,23). The van der Waals surface area contributed by atoms with Gasteiger partial charge in [-0.25, -0.2) is 4.79 Å². The van der Waals surface area contributed by atoms with Gasteiger partial charge in [0, 0.05) is 39.0 Å². The molecule has 0 unspecified atom stereocenters. The van der Waals surface area contributed by atoms with Crippen LogP contribution in [0.5, 0.6) is 0 Å². The zero-order valence-corrected chi connectivity index (χ0v) is 14.1. The summed E-state index contributed by atoms with van der Waals surface area (Å²) in [7, 11) is 1.62. The maximum atomic E-state index is 12.1. The first-order valence-corrected chi connectivity index (χ1v) is 8.30. The van der Waals surface area contributed by atoms with Gasteiger partial charge in [-0.1, -0.05) is 12.1 Å². The van der Waals surface area contributed by atoms with Crippen LogP contribution in [0.2, 0.25) is 0 Å². The first kappa shape index (κ1) is 18.2. The van der Waals surface area contributed by atoms with Crippen LogP contribution in [0.25, 0.3) is 0 Å². The molecule has 3 amide bonds. The van der Waals surface area contributed by atoms with Crippen LogP contribution in [0.1, 0.15) is 18.4 Å². The second kappa shape index (κ2) is 9.89. The smallest absolute Gasteiger partial charge is 0.321 e. The van der Waals surface area contributed by atoms with E-state index in [9.17, 15) is 9.59 Å². The molecule has 1 aliphatic rings. The predicted octanol–water partition coefficient (Wildman–Crippen LogP) is 1.17. The molecule has 1 aromatic rings. The molecule has 0 bridgehead atoms. The fourth-order valence-corrected chi connectivity index (χ4v) is 2.52. The summed E-state index contributed by atoms with van der Waals surface area (Å²) in [4.78, 5) is 25.6. The molecule has 0 aliphatic carbocycles. The monoisotopic (exact) mass is 334 g/mol. The number of hydrogen-bond donors (Lipinski definition) is 3. The molecule has 7 heteroatoms. The largest absolute Gasteiger partial charge is 0.383 e. The zero-order valence-electron chi connectivity index (χ0n) is 14.1. The molecule has 7 nitrogen and oxygen atoms in total.